The average molecular weight is 257 g/mol. The molecule has 0 aromatic heterocycles. The molecule has 0 bridgehead atoms. The number of hydrogen-bond donors (Lipinski definition) is 0. The highest BCUT2D eigenvalue weighted by molar-refractivity contribution is 5.98. The van der Waals surface area contributed by atoms with E-state index < -0.39 is 5.97 Å². The minimum Gasteiger partial charge on any atom is -0.459 e. The van der Waals surface area contributed by atoms with E-state index in [1.165, 1.54) is 0 Å². The lowest BCUT2D eigenvalue weighted by Crippen LogP contribution is -2.12. The van der Waals surface area contributed by atoms with Crippen molar-refractivity contribution in [3.05, 3.63) is 40.0 Å². The molecule has 0 N–H and O–H groups in total. The van der Waals surface area contributed by atoms with E-state index in [0.717, 1.165) is 22.3 Å². The summed E-state index contributed by atoms with van der Waals surface area (Å²) in [7, 11) is 0. The molecular weight excluding hydrogens is 238 g/mol. The molecule has 0 radical (unpaired) electrons. The van der Waals surface area contributed by atoms with Crippen LogP contribution in [0.4, 0.5) is 0 Å². The predicted octanol–water partition coefficient (Wildman–Crippen LogP) is 3.47. The number of hydrogen-bond acceptors (Lipinski definition) is 3. The molecule has 0 saturated heterocycles. The van der Waals surface area contributed by atoms with Crippen LogP contribution in [0.5, 0.6) is 0 Å². The Labute approximate surface area is 114 Å². The lowest BCUT2D eigenvalue weighted by Gasteiger charge is -2.09. The van der Waals surface area contributed by atoms with Gasteiger partial charge in [-0.15, -0.1) is 0 Å². The van der Waals surface area contributed by atoms with Gasteiger partial charge in [-0.1, -0.05) is 17.7 Å². The van der Waals surface area contributed by atoms with Crippen LogP contribution in [-0.4, -0.2) is 12.1 Å². The number of ether oxygens (including phenoxy) is 1. The lowest BCUT2D eigenvalue weighted by atomic mass is 9.98. The Morgan fingerprint density at radius 3 is 2.21 bits per heavy atom. The summed E-state index contributed by atoms with van der Waals surface area (Å²) in [5.41, 5.74) is 4.19. The fraction of sp³-hybridized carbons (Fsp3) is 0.375. The molecule has 0 heterocycles. The summed E-state index contributed by atoms with van der Waals surface area (Å²) in [6.45, 7) is 9.47. The predicted molar refractivity (Wildman–Crippen MR) is 75.5 cm³/mol. The highest BCUT2D eigenvalue weighted by atomic mass is 16.5. The molecule has 0 aliphatic heterocycles. The smallest absolute Gasteiger partial charge is 0.349 e. The fourth-order valence-electron chi connectivity index (χ4n) is 1.98. The molecular formula is C16H19NO2. The van der Waals surface area contributed by atoms with Crippen molar-refractivity contribution in [3.8, 4) is 6.07 Å². The second kappa shape index (κ2) is 6.19. The number of nitrogens with zero attached hydrogens (tertiary/aromatic N) is 1. The van der Waals surface area contributed by atoms with Gasteiger partial charge in [-0.25, -0.2) is 4.79 Å². The first-order chi connectivity index (χ1) is 8.85. The zero-order chi connectivity index (χ0) is 14.6. The molecule has 1 rings (SSSR count). The van der Waals surface area contributed by atoms with Gasteiger partial charge in [0.05, 0.1) is 6.10 Å². The number of carbonyl (C=O) groups excluding carboxylic acids is 1. The summed E-state index contributed by atoms with van der Waals surface area (Å²) in [5, 5.41) is 9.09. The normalized spacial score (nSPS) is 11.3. The number of carbonyl (C=O) groups is 1. The Kier molecular flexibility index (Phi) is 4.88. The molecule has 0 fully saturated rings. The fourth-order valence-corrected chi connectivity index (χ4v) is 1.98. The van der Waals surface area contributed by atoms with E-state index in [1.807, 2.05) is 39.0 Å². The number of benzene rings is 1. The van der Waals surface area contributed by atoms with E-state index in [0.29, 0.717) is 0 Å². The van der Waals surface area contributed by atoms with Crippen LogP contribution >= 0.6 is 0 Å². The van der Waals surface area contributed by atoms with Crippen molar-refractivity contribution in [1.29, 1.82) is 5.26 Å². The van der Waals surface area contributed by atoms with Gasteiger partial charge in [0.2, 0.25) is 0 Å². The van der Waals surface area contributed by atoms with Crippen molar-refractivity contribution in [1.82, 2.24) is 0 Å². The first kappa shape index (κ1) is 15.0. The van der Waals surface area contributed by atoms with Crippen molar-refractivity contribution in [2.45, 2.75) is 40.7 Å². The molecule has 0 aliphatic rings. The van der Waals surface area contributed by atoms with E-state index >= 15 is 0 Å². The van der Waals surface area contributed by atoms with Crippen LogP contribution in [0.25, 0.3) is 6.08 Å². The van der Waals surface area contributed by atoms with Gasteiger partial charge in [0, 0.05) is 0 Å². The molecule has 0 saturated carbocycles. The molecule has 100 valence electrons. The van der Waals surface area contributed by atoms with Gasteiger partial charge in [-0.05, 0) is 57.4 Å². The molecule has 0 unspecified atom stereocenters. The summed E-state index contributed by atoms with van der Waals surface area (Å²) in [4.78, 5) is 11.8. The largest absolute Gasteiger partial charge is 0.459 e. The van der Waals surface area contributed by atoms with Gasteiger partial charge in [0.15, 0.2) is 0 Å². The number of aryl methyl sites for hydroxylation is 3. The Hall–Kier alpha value is -2.08. The number of esters is 1. The van der Waals surface area contributed by atoms with Crippen LogP contribution in [0.15, 0.2) is 17.7 Å². The average Bonchev–Trinajstić information content (AvgIpc) is 2.26. The number of nitriles is 1. The van der Waals surface area contributed by atoms with E-state index in [4.69, 9.17) is 10.00 Å². The summed E-state index contributed by atoms with van der Waals surface area (Å²) >= 11 is 0. The minimum atomic E-state index is -0.572. The Balaban J connectivity index is 3.20. The molecule has 3 heteroatoms. The summed E-state index contributed by atoms with van der Waals surface area (Å²) in [5.74, 6) is -0.572. The van der Waals surface area contributed by atoms with Crippen LogP contribution in [0, 0.1) is 32.1 Å². The van der Waals surface area contributed by atoms with Crippen LogP contribution in [-0.2, 0) is 9.53 Å². The van der Waals surface area contributed by atoms with Crippen molar-refractivity contribution in [3.63, 3.8) is 0 Å². The molecule has 0 spiro atoms. The second-order valence-corrected chi connectivity index (χ2v) is 4.94. The molecule has 1 aromatic rings. The molecule has 0 amide bonds. The van der Waals surface area contributed by atoms with Crippen LogP contribution in [0.3, 0.4) is 0 Å². The van der Waals surface area contributed by atoms with Gasteiger partial charge in [0.1, 0.15) is 11.6 Å². The van der Waals surface area contributed by atoms with E-state index in [-0.39, 0.29) is 11.7 Å². The highest BCUT2D eigenvalue weighted by Gasteiger charge is 2.13. The summed E-state index contributed by atoms with van der Waals surface area (Å²) in [6, 6.07) is 5.97. The first-order valence-corrected chi connectivity index (χ1v) is 6.25. The molecule has 0 atom stereocenters. The Bertz CT molecular complexity index is 540. The van der Waals surface area contributed by atoms with Crippen molar-refractivity contribution < 1.29 is 9.53 Å². The van der Waals surface area contributed by atoms with Gasteiger partial charge >= 0.3 is 5.97 Å². The lowest BCUT2D eigenvalue weighted by molar-refractivity contribution is -0.142. The van der Waals surface area contributed by atoms with Gasteiger partial charge < -0.3 is 4.74 Å². The summed E-state index contributed by atoms with van der Waals surface area (Å²) < 4.78 is 5.05. The van der Waals surface area contributed by atoms with Crippen molar-refractivity contribution >= 4 is 12.0 Å². The van der Waals surface area contributed by atoms with Gasteiger partial charge in [-0.3, -0.25) is 0 Å². The quantitative estimate of drug-likeness (QED) is 0.473. The Morgan fingerprint density at radius 1 is 1.26 bits per heavy atom. The molecule has 1 aromatic carbocycles. The van der Waals surface area contributed by atoms with Crippen LogP contribution in [0.1, 0.15) is 36.1 Å². The number of rotatable bonds is 3. The Morgan fingerprint density at radius 2 is 1.79 bits per heavy atom. The second-order valence-electron chi connectivity index (χ2n) is 4.94. The molecule has 0 aliphatic carbocycles. The first-order valence-electron chi connectivity index (χ1n) is 6.25. The van der Waals surface area contributed by atoms with E-state index in [9.17, 15) is 4.79 Å². The third-order valence-electron chi connectivity index (χ3n) is 2.71. The highest BCUT2D eigenvalue weighted by Crippen LogP contribution is 2.20. The van der Waals surface area contributed by atoms with Gasteiger partial charge in [-0.2, -0.15) is 5.26 Å². The maximum absolute atomic E-state index is 11.8. The van der Waals surface area contributed by atoms with E-state index in [1.54, 1.807) is 19.9 Å². The summed E-state index contributed by atoms with van der Waals surface area (Å²) in [6.07, 6.45) is 1.37. The third kappa shape index (κ3) is 3.96. The SMILES string of the molecule is Cc1cc(C)c(/C=C(\C#N)C(=O)OC(C)C)c(C)c1. The van der Waals surface area contributed by atoms with Crippen LogP contribution < -0.4 is 0 Å². The van der Waals surface area contributed by atoms with Crippen molar-refractivity contribution in [2.75, 3.05) is 0 Å². The van der Waals surface area contributed by atoms with Crippen molar-refractivity contribution in [2.24, 2.45) is 0 Å². The minimum absolute atomic E-state index is 0.0313. The zero-order valence-electron chi connectivity index (χ0n) is 12.1. The topological polar surface area (TPSA) is 50.1 Å². The van der Waals surface area contributed by atoms with Gasteiger partial charge in [0.25, 0.3) is 0 Å². The monoisotopic (exact) mass is 257 g/mol. The zero-order valence-corrected chi connectivity index (χ0v) is 12.1. The van der Waals surface area contributed by atoms with E-state index in [2.05, 4.69) is 0 Å². The van der Waals surface area contributed by atoms with Crippen LogP contribution in [0.2, 0.25) is 0 Å². The molecule has 19 heavy (non-hydrogen) atoms. The maximum atomic E-state index is 11.8. The standard InChI is InChI=1S/C16H19NO2/c1-10(2)19-16(18)14(9-17)8-15-12(4)6-11(3)7-13(15)5/h6-8,10H,1-5H3/b14-8+. The molecule has 3 nitrogen and oxygen atoms in total. The maximum Gasteiger partial charge on any atom is 0.349 e. The third-order valence-corrected chi connectivity index (χ3v) is 2.71.